The number of hydrogen-bond acceptors (Lipinski definition) is 6. The van der Waals surface area contributed by atoms with Crippen LogP contribution >= 0.6 is 0 Å². The Bertz CT molecular complexity index is 323. The molecule has 0 spiro atoms. The van der Waals surface area contributed by atoms with E-state index in [0.29, 0.717) is 26.1 Å². The molecule has 2 fully saturated rings. The van der Waals surface area contributed by atoms with Gasteiger partial charge in [0.2, 0.25) is 0 Å². The highest BCUT2D eigenvalue weighted by molar-refractivity contribution is 5.74. The average Bonchev–Trinajstić information content (AvgIpc) is 3.08. The lowest BCUT2D eigenvalue weighted by molar-refractivity contribution is -0.151. The Hall–Kier alpha value is -1.27. The first-order valence-corrected chi connectivity index (χ1v) is 8.02. The van der Waals surface area contributed by atoms with Crippen LogP contribution in [0.3, 0.4) is 0 Å². The van der Waals surface area contributed by atoms with Crippen LogP contribution in [0.1, 0.15) is 46.0 Å². The summed E-state index contributed by atoms with van der Waals surface area (Å²) in [5.74, 6) is -1.07. The summed E-state index contributed by atoms with van der Waals surface area (Å²) in [7, 11) is 0. The van der Waals surface area contributed by atoms with Gasteiger partial charge in [-0.15, -0.1) is 0 Å². The van der Waals surface area contributed by atoms with Crippen LogP contribution in [0.15, 0.2) is 0 Å². The number of hydrogen-bond donors (Lipinski definition) is 2. The molecule has 0 aromatic heterocycles. The molecule has 0 aromatic carbocycles. The molecule has 0 aromatic rings. The summed E-state index contributed by atoms with van der Waals surface area (Å²) in [6.07, 6.45) is 4.66. The maximum Gasteiger partial charge on any atom is 0.316 e. The first-order chi connectivity index (χ1) is 10.5. The van der Waals surface area contributed by atoms with Crippen LogP contribution in [0.5, 0.6) is 0 Å². The molecule has 2 aliphatic rings. The SMILES string of the molecule is CCOC(=O)[C@@H]1CCC[C@@H]1O.CCOC(=O)[C@H]1C[CH+]C[C@@H]1O. The fourth-order valence-electron chi connectivity index (χ4n) is 2.74. The molecule has 22 heavy (non-hydrogen) atoms. The van der Waals surface area contributed by atoms with Gasteiger partial charge >= 0.3 is 11.9 Å². The van der Waals surface area contributed by atoms with Crippen molar-refractivity contribution in [3.05, 3.63) is 6.42 Å². The van der Waals surface area contributed by atoms with Gasteiger partial charge in [0.1, 0.15) is 24.9 Å². The zero-order valence-electron chi connectivity index (χ0n) is 13.4. The van der Waals surface area contributed by atoms with Crippen LogP contribution in [0.25, 0.3) is 0 Å². The highest BCUT2D eigenvalue weighted by Crippen LogP contribution is 2.26. The van der Waals surface area contributed by atoms with Gasteiger partial charge in [0.05, 0.1) is 31.7 Å². The van der Waals surface area contributed by atoms with Gasteiger partial charge in [0.15, 0.2) is 0 Å². The molecule has 2 saturated carbocycles. The van der Waals surface area contributed by atoms with Crippen molar-refractivity contribution in [2.75, 3.05) is 13.2 Å². The van der Waals surface area contributed by atoms with Crippen molar-refractivity contribution >= 4 is 11.9 Å². The van der Waals surface area contributed by atoms with Crippen LogP contribution in [-0.4, -0.2) is 47.6 Å². The van der Waals surface area contributed by atoms with Crippen molar-refractivity contribution in [2.45, 2.75) is 58.2 Å². The third-order valence-corrected chi connectivity index (χ3v) is 3.95. The molecule has 126 valence electrons. The monoisotopic (exact) mass is 315 g/mol. The molecule has 0 aliphatic heterocycles. The van der Waals surface area contributed by atoms with Gasteiger partial charge in [-0.2, -0.15) is 0 Å². The maximum atomic E-state index is 11.1. The fourth-order valence-corrected chi connectivity index (χ4v) is 2.74. The van der Waals surface area contributed by atoms with E-state index >= 15 is 0 Å². The number of carbonyl (C=O) groups is 2. The Kier molecular flexibility index (Phi) is 8.27. The number of esters is 2. The summed E-state index contributed by atoms with van der Waals surface area (Å²) in [6.45, 7) is 4.34. The van der Waals surface area contributed by atoms with Crippen molar-refractivity contribution in [3.63, 3.8) is 0 Å². The summed E-state index contributed by atoms with van der Waals surface area (Å²) in [5, 5.41) is 18.5. The zero-order chi connectivity index (χ0) is 16.5. The number of aliphatic hydroxyl groups excluding tert-OH is 2. The van der Waals surface area contributed by atoms with E-state index in [-0.39, 0.29) is 23.8 Å². The Labute approximate surface area is 131 Å². The highest BCUT2D eigenvalue weighted by Gasteiger charge is 2.38. The average molecular weight is 315 g/mol. The Morgan fingerprint density at radius 1 is 0.955 bits per heavy atom. The summed E-state index contributed by atoms with van der Waals surface area (Å²) in [5.41, 5.74) is 0. The van der Waals surface area contributed by atoms with E-state index in [0.717, 1.165) is 19.3 Å². The highest BCUT2D eigenvalue weighted by atomic mass is 16.5. The summed E-state index contributed by atoms with van der Waals surface area (Å²) in [6, 6.07) is 0. The predicted octanol–water partition coefficient (Wildman–Crippen LogP) is 1.24. The van der Waals surface area contributed by atoms with Gasteiger partial charge in [-0.05, 0) is 33.1 Å². The normalized spacial score (nSPS) is 30.0. The Morgan fingerprint density at radius 2 is 1.55 bits per heavy atom. The second-order valence-electron chi connectivity index (χ2n) is 5.54. The quantitative estimate of drug-likeness (QED) is 0.599. The number of carbonyl (C=O) groups excluding carboxylic acids is 2. The van der Waals surface area contributed by atoms with Gasteiger partial charge in [-0.1, -0.05) is 0 Å². The van der Waals surface area contributed by atoms with Crippen LogP contribution < -0.4 is 0 Å². The molecule has 6 nitrogen and oxygen atoms in total. The van der Waals surface area contributed by atoms with Crippen LogP contribution in [0.2, 0.25) is 0 Å². The molecule has 0 bridgehead atoms. The molecule has 0 radical (unpaired) electrons. The summed E-state index contributed by atoms with van der Waals surface area (Å²) >= 11 is 0. The van der Waals surface area contributed by atoms with Crippen molar-refractivity contribution in [1.82, 2.24) is 0 Å². The van der Waals surface area contributed by atoms with Gasteiger partial charge in [-0.3, -0.25) is 9.59 Å². The fraction of sp³-hybridized carbons (Fsp3) is 0.812. The lowest BCUT2D eigenvalue weighted by atomic mass is 10.1. The van der Waals surface area contributed by atoms with E-state index < -0.39 is 12.2 Å². The smallest absolute Gasteiger partial charge is 0.316 e. The van der Waals surface area contributed by atoms with Crippen LogP contribution in [0.4, 0.5) is 0 Å². The van der Waals surface area contributed by atoms with Crippen molar-refractivity contribution in [2.24, 2.45) is 11.8 Å². The number of aliphatic hydroxyl groups is 2. The van der Waals surface area contributed by atoms with E-state index in [4.69, 9.17) is 9.47 Å². The molecule has 0 amide bonds. The largest absolute Gasteiger partial charge is 0.466 e. The molecule has 6 heteroatoms. The molecule has 4 atom stereocenters. The standard InChI is InChI=1S/C8H14O3.C8H13O3/c2*1-2-11-8(10)6-4-3-5-7(6)9/h6-7,9H,2-5H2,1H3;3,6-7,9H,2,4-5H2,1H3/q;+1/t6-,7+;6-,7-/m10/s1. The molecular weight excluding hydrogens is 288 g/mol. The van der Waals surface area contributed by atoms with Crippen LogP contribution in [-0.2, 0) is 19.1 Å². The lowest BCUT2D eigenvalue weighted by Crippen LogP contribution is -2.24. The molecule has 0 heterocycles. The van der Waals surface area contributed by atoms with Gasteiger partial charge in [0, 0.05) is 0 Å². The molecule has 2 N–H and O–H groups in total. The second-order valence-corrected chi connectivity index (χ2v) is 5.54. The molecule has 0 saturated heterocycles. The molecule has 2 aliphatic carbocycles. The van der Waals surface area contributed by atoms with Gasteiger partial charge in [0.25, 0.3) is 0 Å². The topological polar surface area (TPSA) is 93.1 Å². The number of rotatable bonds is 4. The van der Waals surface area contributed by atoms with Gasteiger partial charge in [-0.25, -0.2) is 0 Å². The first-order valence-electron chi connectivity index (χ1n) is 8.02. The summed E-state index contributed by atoms with van der Waals surface area (Å²) in [4.78, 5) is 22.1. The molecule has 0 unspecified atom stereocenters. The van der Waals surface area contributed by atoms with Crippen LogP contribution in [0, 0.1) is 18.3 Å². The first kappa shape index (κ1) is 18.8. The van der Waals surface area contributed by atoms with E-state index in [2.05, 4.69) is 0 Å². The third-order valence-electron chi connectivity index (χ3n) is 3.95. The Morgan fingerprint density at radius 3 is 1.95 bits per heavy atom. The number of ether oxygens (including phenoxy) is 2. The second kappa shape index (κ2) is 9.69. The van der Waals surface area contributed by atoms with E-state index in [1.54, 1.807) is 13.8 Å². The third kappa shape index (κ3) is 5.50. The van der Waals surface area contributed by atoms with E-state index in [9.17, 15) is 19.8 Å². The molecular formula is C16H27O6+. The zero-order valence-corrected chi connectivity index (χ0v) is 13.4. The van der Waals surface area contributed by atoms with Crippen molar-refractivity contribution in [3.8, 4) is 0 Å². The van der Waals surface area contributed by atoms with Crippen molar-refractivity contribution < 1.29 is 29.3 Å². The molecule has 2 rings (SSSR count). The lowest BCUT2D eigenvalue weighted by Gasteiger charge is -2.11. The minimum absolute atomic E-state index is 0.238. The van der Waals surface area contributed by atoms with Crippen molar-refractivity contribution in [1.29, 1.82) is 0 Å². The van der Waals surface area contributed by atoms with Gasteiger partial charge < -0.3 is 19.7 Å². The Balaban J connectivity index is 0.000000220. The van der Waals surface area contributed by atoms with E-state index in [1.807, 2.05) is 6.42 Å². The summed E-state index contributed by atoms with van der Waals surface area (Å²) < 4.78 is 9.57. The predicted molar refractivity (Wildman–Crippen MR) is 79.6 cm³/mol. The maximum absolute atomic E-state index is 11.1. The minimum atomic E-state index is -0.519. The van der Waals surface area contributed by atoms with E-state index in [1.165, 1.54) is 0 Å². The minimum Gasteiger partial charge on any atom is -0.466 e.